The molecule has 1 aliphatic rings. The van der Waals surface area contributed by atoms with Gasteiger partial charge in [0.1, 0.15) is 5.78 Å². The smallest absolute Gasteiger partial charge is 0.221 e. The number of ketones is 1. The molecule has 1 aliphatic carbocycles. The van der Waals surface area contributed by atoms with Gasteiger partial charge in [-0.15, -0.1) is 0 Å². The van der Waals surface area contributed by atoms with Gasteiger partial charge in [0.05, 0.1) is 6.04 Å². The average Bonchev–Trinajstić information content (AvgIpc) is 2.26. The maximum atomic E-state index is 11.6. The van der Waals surface area contributed by atoms with Crippen molar-refractivity contribution >= 4 is 11.7 Å². The second-order valence-electron chi connectivity index (χ2n) is 4.13. The molecule has 1 unspecified atom stereocenters. The highest BCUT2D eigenvalue weighted by Gasteiger charge is 2.25. The van der Waals surface area contributed by atoms with E-state index in [1.807, 2.05) is 11.9 Å². The van der Waals surface area contributed by atoms with Crippen LogP contribution in [0.3, 0.4) is 0 Å². The lowest BCUT2D eigenvalue weighted by atomic mass is 9.93. The van der Waals surface area contributed by atoms with E-state index in [2.05, 4.69) is 5.32 Å². The Morgan fingerprint density at radius 3 is 2.87 bits per heavy atom. The van der Waals surface area contributed by atoms with Crippen LogP contribution in [0.4, 0.5) is 0 Å². The summed E-state index contributed by atoms with van der Waals surface area (Å²) >= 11 is 0. The molecule has 15 heavy (non-hydrogen) atoms. The third-order valence-corrected chi connectivity index (χ3v) is 3.02. The van der Waals surface area contributed by atoms with Crippen LogP contribution >= 0.6 is 0 Å². The first-order valence-corrected chi connectivity index (χ1v) is 5.58. The highest BCUT2D eigenvalue weighted by atomic mass is 16.1. The molecule has 1 saturated carbocycles. The molecule has 0 spiro atoms. The van der Waals surface area contributed by atoms with E-state index in [0.717, 1.165) is 19.3 Å². The van der Waals surface area contributed by atoms with Gasteiger partial charge in [-0.2, -0.15) is 0 Å². The Kier molecular flexibility index (Phi) is 4.75. The van der Waals surface area contributed by atoms with Gasteiger partial charge >= 0.3 is 0 Å². The molecule has 1 rings (SSSR count). The number of amides is 1. The minimum Gasteiger partial charge on any atom is -0.359 e. The number of nitrogens with one attached hydrogen (secondary N) is 1. The third-order valence-electron chi connectivity index (χ3n) is 3.02. The molecule has 86 valence electrons. The summed E-state index contributed by atoms with van der Waals surface area (Å²) < 4.78 is 0. The van der Waals surface area contributed by atoms with Crippen molar-refractivity contribution < 1.29 is 9.59 Å². The lowest BCUT2D eigenvalue weighted by Gasteiger charge is -2.29. The first kappa shape index (κ1) is 12.2. The predicted molar refractivity (Wildman–Crippen MR) is 58.6 cm³/mol. The molecule has 0 aromatic heterocycles. The normalized spacial score (nSPS) is 21.8. The molecule has 0 radical (unpaired) electrons. The maximum Gasteiger partial charge on any atom is 0.221 e. The Labute approximate surface area is 91.0 Å². The summed E-state index contributed by atoms with van der Waals surface area (Å²) in [6.45, 7) is 0.663. The van der Waals surface area contributed by atoms with Crippen LogP contribution in [0.5, 0.6) is 0 Å². The van der Waals surface area contributed by atoms with Crippen molar-refractivity contribution in [3.63, 3.8) is 0 Å². The molecule has 0 aromatic rings. The van der Waals surface area contributed by atoms with Crippen LogP contribution in [0, 0.1) is 0 Å². The Balaban J connectivity index is 2.34. The van der Waals surface area contributed by atoms with Gasteiger partial charge in [0.2, 0.25) is 5.91 Å². The second kappa shape index (κ2) is 5.85. The number of likely N-dealkylation sites (N-methyl/N-ethyl adjacent to an activating group) is 1. The van der Waals surface area contributed by atoms with E-state index >= 15 is 0 Å². The van der Waals surface area contributed by atoms with E-state index in [4.69, 9.17) is 0 Å². The van der Waals surface area contributed by atoms with Gasteiger partial charge in [0.25, 0.3) is 0 Å². The SMILES string of the molecule is CNC(=O)CCN(C)C1CCCCC1=O. The number of hydrogen-bond donors (Lipinski definition) is 1. The van der Waals surface area contributed by atoms with Crippen LogP contribution in [0.1, 0.15) is 32.1 Å². The van der Waals surface area contributed by atoms with Crippen molar-refractivity contribution in [1.82, 2.24) is 10.2 Å². The van der Waals surface area contributed by atoms with Crippen molar-refractivity contribution in [3.8, 4) is 0 Å². The van der Waals surface area contributed by atoms with Gasteiger partial charge in [-0.1, -0.05) is 6.42 Å². The number of carbonyl (C=O) groups excluding carboxylic acids is 2. The molecule has 4 heteroatoms. The molecule has 0 aliphatic heterocycles. The van der Waals surface area contributed by atoms with Crippen molar-refractivity contribution in [2.75, 3.05) is 20.6 Å². The van der Waals surface area contributed by atoms with E-state index in [9.17, 15) is 9.59 Å². The molecular formula is C11H20N2O2. The minimum atomic E-state index is 0.0325. The fourth-order valence-electron chi connectivity index (χ4n) is 1.99. The van der Waals surface area contributed by atoms with E-state index in [1.54, 1.807) is 7.05 Å². The first-order chi connectivity index (χ1) is 7.15. The van der Waals surface area contributed by atoms with Crippen LogP contribution < -0.4 is 5.32 Å². The fraction of sp³-hybridized carbons (Fsp3) is 0.818. The molecule has 0 heterocycles. The number of rotatable bonds is 4. The van der Waals surface area contributed by atoms with Crippen LogP contribution in [-0.4, -0.2) is 43.3 Å². The molecule has 1 atom stereocenters. The molecule has 1 N–H and O–H groups in total. The Morgan fingerprint density at radius 1 is 1.53 bits per heavy atom. The number of hydrogen-bond acceptors (Lipinski definition) is 3. The van der Waals surface area contributed by atoms with E-state index < -0.39 is 0 Å². The monoisotopic (exact) mass is 212 g/mol. The fourth-order valence-corrected chi connectivity index (χ4v) is 1.99. The summed E-state index contributed by atoms with van der Waals surface area (Å²) in [5.74, 6) is 0.366. The van der Waals surface area contributed by atoms with Gasteiger partial charge in [-0.3, -0.25) is 14.5 Å². The number of Topliss-reactive ketones (excluding diaryl/α,β-unsaturated/α-hetero) is 1. The average molecular weight is 212 g/mol. The molecule has 1 amide bonds. The summed E-state index contributed by atoms with van der Waals surface area (Å²) in [7, 11) is 3.56. The van der Waals surface area contributed by atoms with E-state index in [1.165, 1.54) is 0 Å². The largest absolute Gasteiger partial charge is 0.359 e. The van der Waals surface area contributed by atoms with Crippen LogP contribution in [0.15, 0.2) is 0 Å². The first-order valence-electron chi connectivity index (χ1n) is 5.58. The zero-order valence-electron chi connectivity index (χ0n) is 9.58. The summed E-state index contributed by atoms with van der Waals surface area (Å²) in [6.07, 6.45) is 4.27. The van der Waals surface area contributed by atoms with Gasteiger partial charge in [-0.25, -0.2) is 0 Å². The van der Waals surface area contributed by atoms with Gasteiger partial charge in [0, 0.05) is 26.4 Å². The Bertz CT molecular complexity index is 241. The summed E-state index contributed by atoms with van der Waals surface area (Å²) in [4.78, 5) is 24.7. The minimum absolute atomic E-state index is 0.0325. The van der Waals surface area contributed by atoms with Crippen LogP contribution in [0.25, 0.3) is 0 Å². The van der Waals surface area contributed by atoms with E-state index in [-0.39, 0.29) is 11.9 Å². The van der Waals surface area contributed by atoms with Crippen molar-refractivity contribution in [1.29, 1.82) is 0 Å². The molecule has 4 nitrogen and oxygen atoms in total. The predicted octanol–water partition coefficient (Wildman–Crippen LogP) is 0.566. The quantitative estimate of drug-likeness (QED) is 0.741. The van der Waals surface area contributed by atoms with Crippen molar-refractivity contribution in [3.05, 3.63) is 0 Å². The lowest BCUT2D eigenvalue weighted by molar-refractivity contribution is -0.127. The highest BCUT2D eigenvalue weighted by molar-refractivity contribution is 5.84. The van der Waals surface area contributed by atoms with Crippen LogP contribution in [0.2, 0.25) is 0 Å². The lowest BCUT2D eigenvalue weighted by Crippen LogP contribution is -2.41. The molecule has 0 bridgehead atoms. The van der Waals surface area contributed by atoms with E-state index in [0.29, 0.717) is 25.2 Å². The second-order valence-corrected chi connectivity index (χ2v) is 4.13. The Hall–Kier alpha value is -0.900. The van der Waals surface area contributed by atoms with Crippen LogP contribution in [-0.2, 0) is 9.59 Å². The molecule has 0 saturated heterocycles. The molecule has 1 fully saturated rings. The number of carbonyl (C=O) groups is 2. The Morgan fingerprint density at radius 2 is 2.27 bits per heavy atom. The number of nitrogens with zero attached hydrogens (tertiary/aromatic N) is 1. The van der Waals surface area contributed by atoms with Crippen molar-refractivity contribution in [2.24, 2.45) is 0 Å². The summed E-state index contributed by atoms with van der Waals surface area (Å²) in [5.41, 5.74) is 0. The van der Waals surface area contributed by atoms with Gasteiger partial charge in [0.15, 0.2) is 0 Å². The zero-order valence-corrected chi connectivity index (χ0v) is 9.58. The zero-order chi connectivity index (χ0) is 11.3. The molecule has 0 aromatic carbocycles. The van der Waals surface area contributed by atoms with Crippen molar-refractivity contribution in [2.45, 2.75) is 38.1 Å². The highest BCUT2D eigenvalue weighted by Crippen LogP contribution is 2.18. The summed E-state index contributed by atoms with van der Waals surface area (Å²) in [6, 6.07) is 0.0448. The maximum absolute atomic E-state index is 11.6. The third kappa shape index (κ3) is 3.63. The van der Waals surface area contributed by atoms with Gasteiger partial charge in [-0.05, 0) is 19.9 Å². The topological polar surface area (TPSA) is 49.4 Å². The molecular weight excluding hydrogens is 192 g/mol. The summed E-state index contributed by atoms with van der Waals surface area (Å²) in [5, 5.41) is 2.58. The standard InChI is InChI=1S/C11H20N2O2/c1-12-11(15)7-8-13(2)9-5-3-4-6-10(9)14/h9H,3-8H2,1-2H3,(H,12,15). The van der Waals surface area contributed by atoms with Gasteiger partial charge < -0.3 is 5.32 Å².